The first-order valence-electron chi connectivity index (χ1n) is 5.98. The number of carbonyl (C=O) groups excluding carboxylic acids is 1. The van der Waals surface area contributed by atoms with Crippen LogP contribution in [-0.4, -0.2) is 80.4 Å². The zero-order valence-corrected chi connectivity index (χ0v) is 10.9. The van der Waals surface area contributed by atoms with E-state index in [4.69, 9.17) is 9.84 Å². The van der Waals surface area contributed by atoms with Crippen molar-refractivity contribution in [2.75, 3.05) is 53.5 Å². The lowest BCUT2D eigenvalue weighted by atomic mass is 10.0. The molecule has 104 valence electrons. The summed E-state index contributed by atoms with van der Waals surface area (Å²) in [6, 6.07) is -0.219. The number of nitrogens with one attached hydrogen (secondary N) is 1. The fourth-order valence-corrected chi connectivity index (χ4v) is 1.49. The number of likely N-dealkylation sites (tertiary alicyclic amines) is 1. The van der Waals surface area contributed by atoms with E-state index >= 15 is 0 Å². The molecule has 0 aliphatic carbocycles. The van der Waals surface area contributed by atoms with Gasteiger partial charge in [-0.1, -0.05) is 0 Å². The van der Waals surface area contributed by atoms with Crippen molar-refractivity contribution in [2.45, 2.75) is 0 Å². The number of urea groups is 1. The Kier molecular flexibility index (Phi) is 5.87. The normalized spacial score (nSPS) is 15.6. The smallest absolute Gasteiger partial charge is 0.317 e. The fourth-order valence-electron chi connectivity index (χ4n) is 1.49. The van der Waals surface area contributed by atoms with Gasteiger partial charge >= 0.3 is 12.0 Å². The van der Waals surface area contributed by atoms with Crippen LogP contribution in [0.15, 0.2) is 0 Å². The van der Waals surface area contributed by atoms with Gasteiger partial charge in [-0.05, 0) is 14.1 Å². The van der Waals surface area contributed by atoms with Crippen molar-refractivity contribution in [3.8, 4) is 0 Å². The van der Waals surface area contributed by atoms with Crippen LogP contribution < -0.4 is 5.32 Å². The molecule has 7 heteroatoms. The van der Waals surface area contributed by atoms with Crippen molar-refractivity contribution in [2.24, 2.45) is 5.92 Å². The maximum absolute atomic E-state index is 11.5. The summed E-state index contributed by atoms with van der Waals surface area (Å²) >= 11 is 0. The first-order chi connectivity index (χ1) is 8.50. The van der Waals surface area contributed by atoms with Crippen LogP contribution in [0.25, 0.3) is 0 Å². The van der Waals surface area contributed by atoms with Crippen molar-refractivity contribution in [1.82, 2.24) is 15.1 Å². The Labute approximate surface area is 107 Å². The second-order valence-corrected chi connectivity index (χ2v) is 4.59. The van der Waals surface area contributed by atoms with Crippen molar-refractivity contribution in [1.29, 1.82) is 0 Å². The average molecular weight is 259 g/mol. The molecule has 1 fully saturated rings. The van der Waals surface area contributed by atoms with Gasteiger partial charge in [-0.2, -0.15) is 0 Å². The predicted molar refractivity (Wildman–Crippen MR) is 65.5 cm³/mol. The predicted octanol–water partition coefficient (Wildman–Crippen LogP) is -0.709. The summed E-state index contributed by atoms with van der Waals surface area (Å²) in [4.78, 5) is 25.6. The van der Waals surface area contributed by atoms with Crippen LogP contribution in [0.1, 0.15) is 0 Å². The van der Waals surface area contributed by atoms with Gasteiger partial charge in [0.25, 0.3) is 0 Å². The van der Waals surface area contributed by atoms with Crippen LogP contribution in [-0.2, 0) is 9.53 Å². The van der Waals surface area contributed by atoms with Crippen molar-refractivity contribution in [3.05, 3.63) is 0 Å². The van der Waals surface area contributed by atoms with Gasteiger partial charge in [-0.3, -0.25) is 4.79 Å². The zero-order chi connectivity index (χ0) is 13.5. The molecule has 1 saturated heterocycles. The molecule has 1 aliphatic rings. The summed E-state index contributed by atoms with van der Waals surface area (Å²) in [6.45, 7) is 2.98. The highest BCUT2D eigenvalue weighted by Crippen LogP contribution is 2.14. The SMILES string of the molecule is CN(C)CCOCCNC(=O)N1CC(C(=O)O)C1. The molecule has 1 heterocycles. The number of carbonyl (C=O) groups is 2. The molecule has 0 radical (unpaired) electrons. The minimum Gasteiger partial charge on any atom is -0.481 e. The molecule has 7 nitrogen and oxygen atoms in total. The highest BCUT2D eigenvalue weighted by molar-refractivity contribution is 5.79. The van der Waals surface area contributed by atoms with Crippen LogP contribution in [0.2, 0.25) is 0 Å². The molecule has 0 aromatic heterocycles. The standard InChI is InChI=1S/C11H21N3O4/c1-13(2)4-6-18-5-3-12-11(17)14-7-9(8-14)10(15)16/h9H,3-8H2,1-2H3,(H,12,17)(H,15,16). The molecule has 2 amide bonds. The number of nitrogens with zero attached hydrogens (tertiary/aromatic N) is 2. The maximum Gasteiger partial charge on any atom is 0.317 e. The number of likely N-dealkylation sites (N-methyl/N-ethyl adjacent to an activating group) is 1. The lowest BCUT2D eigenvalue weighted by Crippen LogP contribution is -2.56. The molecule has 0 aromatic rings. The molecule has 0 atom stereocenters. The highest BCUT2D eigenvalue weighted by Gasteiger charge is 2.35. The minimum atomic E-state index is -0.842. The molecular formula is C11H21N3O4. The van der Waals surface area contributed by atoms with Crippen LogP contribution in [0, 0.1) is 5.92 Å². The Balaban J connectivity index is 1.97. The molecule has 0 bridgehead atoms. The largest absolute Gasteiger partial charge is 0.481 e. The number of hydrogen-bond donors (Lipinski definition) is 2. The summed E-state index contributed by atoms with van der Waals surface area (Å²) in [5.74, 6) is -1.25. The molecule has 0 aromatic carbocycles. The van der Waals surface area contributed by atoms with Gasteiger partial charge < -0.3 is 25.0 Å². The summed E-state index contributed by atoms with van der Waals surface area (Å²) in [5, 5.41) is 11.4. The number of rotatable bonds is 7. The van der Waals surface area contributed by atoms with E-state index in [0.717, 1.165) is 6.54 Å². The minimum absolute atomic E-state index is 0.219. The Hall–Kier alpha value is -1.34. The van der Waals surface area contributed by atoms with Crippen molar-refractivity contribution >= 4 is 12.0 Å². The van der Waals surface area contributed by atoms with Crippen LogP contribution in [0.5, 0.6) is 0 Å². The number of carboxylic acids is 1. The van der Waals surface area contributed by atoms with Gasteiger partial charge in [0.15, 0.2) is 0 Å². The van der Waals surface area contributed by atoms with E-state index < -0.39 is 11.9 Å². The molecule has 0 unspecified atom stereocenters. The lowest BCUT2D eigenvalue weighted by molar-refractivity contribution is -0.146. The van der Waals surface area contributed by atoms with E-state index in [1.54, 1.807) is 0 Å². The summed E-state index contributed by atoms with van der Waals surface area (Å²) in [6.07, 6.45) is 0. The Morgan fingerprint density at radius 3 is 2.61 bits per heavy atom. The maximum atomic E-state index is 11.5. The quantitative estimate of drug-likeness (QED) is 0.590. The van der Waals surface area contributed by atoms with Gasteiger partial charge in [0, 0.05) is 26.2 Å². The summed E-state index contributed by atoms with van der Waals surface area (Å²) < 4.78 is 5.32. The molecule has 2 N–H and O–H groups in total. The Morgan fingerprint density at radius 2 is 2.06 bits per heavy atom. The number of ether oxygens (including phenoxy) is 1. The fraction of sp³-hybridized carbons (Fsp3) is 0.818. The average Bonchev–Trinajstić information content (AvgIpc) is 2.19. The van der Waals surface area contributed by atoms with Gasteiger partial charge in [0.05, 0.1) is 19.1 Å². The van der Waals surface area contributed by atoms with E-state index in [1.165, 1.54) is 4.90 Å². The summed E-state index contributed by atoms with van der Waals surface area (Å²) in [5.41, 5.74) is 0. The molecular weight excluding hydrogens is 238 g/mol. The third-order valence-electron chi connectivity index (χ3n) is 2.72. The van der Waals surface area contributed by atoms with Gasteiger partial charge in [0.1, 0.15) is 0 Å². The van der Waals surface area contributed by atoms with E-state index in [1.807, 2.05) is 19.0 Å². The second kappa shape index (κ2) is 7.17. The number of hydrogen-bond acceptors (Lipinski definition) is 4. The second-order valence-electron chi connectivity index (χ2n) is 4.59. The summed E-state index contributed by atoms with van der Waals surface area (Å²) in [7, 11) is 3.93. The first kappa shape index (κ1) is 14.7. The number of carboxylic acid groups (broad SMARTS) is 1. The third kappa shape index (κ3) is 4.89. The number of aliphatic carboxylic acids is 1. The van der Waals surface area contributed by atoms with Gasteiger partial charge in [-0.25, -0.2) is 4.79 Å². The van der Waals surface area contributed by atoms with Crippen molar-refractivity contribution in [3.63, 3.8) is 0 Å². The highest BCUT2D eigenvalue weighted by atomic mass is 16.5. The zero-order valence-electron chi connectivity index (χ0n) is 10.9. The van der Waals surface area contributed by atoms with Crippen LogP contribution in [0.3, 0.4) is 0 Å². The molecule has 0 spiro atoms. The van der Waals surface area contributed by atoms with E-state index in [9.17, 15) is 9.59 Å². The number of amides is 2. The van der Waals surface area contributed by atoms with Crippen LogP contribution in [0.4, 0.5) is 4.79 Å². The Bertz CT molecular complexity index is 290. The molecule has 18 heavy (non-hydrogen) atoms. The van der Waals surface area contributed by atoms with E-state index in [0.29, 0.717) is 32.8 Å². The van der Waals surface area contributed by atoms with Gasteiger partial charge in [-0.15, -0.1) is 0 Å². The van der Waals surface area contributed by atoms with E-state index in [2.05, 4.69) is 5.32 Å². The molecule has 1 rings (SSSR count). The van der Waals surface area contributed by atoms with Crippen molar-refractivity contribution < 1.29 is 19.4 Å². The van der Waals surface area contributed by atoms with Gasteiger partial charge in [0.2, 0.25) is 0 Å². The van der Waals surface area contributed by atoms with Crippen LogP contribution >= 0.6 is 0 Å². The van der Waals surface area contributed by atoms with E-state index in [-0.39, 0.29) is 6.03 Å². The topological polar surface area (TPSA) is 82.1 Å². The Morgan fingerprint density at radius 1 is 1.39 bits per heavy atom. The third-order valence-corrected chi connectivity index (χ3v) is 2.72. The monoisotopic (exact) mass is 259 g/mol. The molecule has 0 saturated carbocycles. The first-order valence-corrected chi connectivity index (χ1v) is 5.98. The lowest BCUT2D eigenvalue weighted by Gasteiger charge is -2.36. The molecule has 1 aliphatic heterocycles.